The lowest BCUT2D eigenvalue weighted by molar-refractivity contribution is 0.181. The van der Waals surface area contributed by atoms with Crippen molar-refractivity contribution in [3.63, 3.8) is 0 Å². The summed E-state index contributed by atoms with van der Waals surface area (Å²) in [5, 5.41) is 3.56. The van der Waals surface area contributed by atoms with Gasteiger partial charge in [-0.2, -0.15) is 0 Å². The average molecular weight is 307 g/mol. The minimum Gasteiger partial charge on any atom is -0.378 e. The Morgan fingerprint density at radius 2 is 2.19 bits per heavy atom. The van der Waals surface area contributed by atoms with Gasteiger partial charge in [-0.3, -0.25) is 4.98 Å². The summed E-state index contributed by atoms with van der Waals surface area (Å²) in [5.41, 5.74) is 1.88. The van der Waals surface area contributed by atoms with Crippen molar-refractivity contribution in [2.24, 2.45) is 0 Å². The molecule has 0 bridgehead atoms. The van der Waals surface area contributed by atoms with Gasteiger partial charge >= 0.3 is 0 Å². The molecule has 0 saturated heterocycles. The van der Waals surface area contributed by atoms with E-state index in [0.29, 0.717) is 18.7 Å². The average Bonchev–Trinajstić information content (AvgIpc) is 2.48. The maximum absolute atomic E-state index is 5.62. The largest absolute Gasteiger partial charge is 0.378 e. The van der Waals surface area contributed by atoms with Gasteiger partial charge in [0.1, 0.15) is 4.99 Å². The van der Waals surface area contributed by atoms with E-state index in [0.717, 1.165) is 16.2 Å². The van der Waals surface area contributed by atoms with Crippen LogP contribution in [0, 0.1) is 0 Å². The van der Waals surface area contributed by atoms with E-state index < -0.39 is 0 Å². The molecular formula is C16H25N3OS. The Bertz CT molecular complexity index is 478. The number of aromatic nitrogens is 1. The predicted molar refractivity (Wildman–Crippen MR) is 89.5 cm³/mol. The first-order valence-corrected chi connectivity index (χ1v) is 7.94. The second kappa shape index (κ2) is 7.82. The van der Waals surface area contributed by atoms with Crippen LogP contribution in [0.15, 0.2) is 18.3 Å². The predicted octanol–water partition coefficient (Wildman–Crippen LogP) is 2.37. The van der Waals surface area contributed by atoms with Crippen LogP contribution in [0.25, 0.3) is 0 Å². The number of nitrogens with zero attached hydrogens (tertiary/aromatic N) is 2. The Kier molecular flexibility index (Phi) is 6.08. The topological polar surface area (TPSA) is 37.4 Å². The molecule has 0 spiro atoms. The maximum atomic E-state index is 5.62. The zero-order chi connectivity index (χ0) is 15.2. The van der Waals surface area contributed by atoms with Gasteiger partial charge < -0.3 is 15.0 Å². The molecular weight excluding hydrogens is 282 g/mol. The standard InChI is InChI=1S/C16H25N3OS/c1-19(2)15-9-5-4-8-13(15)18-16(21)12-7-6-10-17-14(12)11-20-3/h6-7,10,13,15H,4-5,8-9,11H2,1-3H3,(H,18,21). The molecule has 0 aromatic carbocycles. The minimum absolute atomic E-state index is 0.414. The van der Waals surface area contributed by atoms with Gasteiger partial charge in [-0.25, -0.2) is 0 Å². The SMILES string of the molecule is COCc1ncccc1C(=S)NC1CCCCC1N(C)C. The summed E-state index contributed by atoms with van der Waals surface area (Å²) >= 11 is 5.62. The quantitative estimate of drug-likeness (QED) is 0.845. The van der Waals surface area contributed by atoms with Crippen LogP contribution in [0.3, 0.4) is 0 Å². The van der Waals surface area contributed by atoms with Gasteiger partial charge in [0.25, 0.3) is 0 Å². The number of ether oxygens (including phenoxy) is 1. The third kappa shape index (κ3) is 4.22. The van der Waals surface area contributed by atoms with E-state index in [4.69, 9.17) is 17.0 Å². The Hall–Kier alpha value is -1.04. The zero-order valence-corrected chi connectivity index (χ0v) is 13.9. The van der Waals surface area contributed by atoms with Crippen LogP contribution in [0.4, 0.5) is 0 Å². The Balaban J connectivity index is 2.09. The molecule has 1 N–H and O–H groups in total. The summed E-state index contributed by atoms with van der Waals surface area (Å²) in [6, 6.07) is 4.90. The highest BCUT2D eigenvalue weighted by molar-refractivity contribution is 7.80. The lowest BCUT2D eigenvalue weighted by atomic mass is 9.89. The third-order valence-corrected chi connectivity index (χ3v) is 4.46. The fourth-order valence-electron chi connectivity index (χ4n) is 3.04. The van der Waals surface area contributed by atoms with Crippen molar-refractivity contribution in [3.05, 3.63) is 29.6 Å². The van der Waals surface area contributed by atoms with Crippen molar-refractivity contribution in [2.45, 2.75) is 44.4 Å². The van der Waals surface area contributed by atoms with Crippen LogP contribution in [0.1, 0.15) is 36.9 Å². The summed E-state index contributed by atoms with van der Waals surface area (Å²) in [4.78, 5) is 7.46. The molecule has 1 aliphatic carbocycles. The molecule has 116 valence electrons. The Morgan fingerprint density at radius 3 is 2.90 bits per heavy atom. The molecule has 0 aliphatic heterocycles. The van der Waals surface area contributed by atoms with Gasteiger partial charge in [0.05, 0.1) is 12.3 Å². The lowest BCUT2D eigenvalue weighted by Crippen LogP contribution is -2.51. The Labute approximate surface area is 132 Å². The van der Waals surface area contributed by atoms with E-state index in [9.17, 15) is 0 Å². The van der Waals surface area contributed by atoms with E-state index in [1.54, 1.807) is 13.3 Å². The van der Waals surface area contributed by atoms with Crippen LogP contribution in [-0.4, -0.2) is 48.2 Å². The molecule has 1 fully saturated rings. The van der Waals surface area contributed by atoms with Crippen LogP contribution in [-0.2, 0) is 11.3 Å². The van der Waals surface area contributed by atoms with Gasteiger partial charge in [0.2, 0.25) is 0 Å². The molecule has 0 amide bonds. The number of thiocarbonyl (C=S) groups is 1. The van der Waals surface area contributed by atoms with Gasteiger partial charge in [-0.05, 0) is 39.1 Å². The molecule has 1 aromatic heterocycles. The maximum Gasteiger partial charge on any atom is 0.108 e. The van der Waals surface area contributed by atoms with E-state index in [-0.39, 0.29) is 0 Å². The van der Waals surface area contributed by atoms with Crippen LogP contribution >= 0.6 is 12.2 Å². The number of hydrogen-bond donors (Lipinski definition) is 1. The molecule has 1 aromatic rings. The molecule has 2 atom stereocenters. The number of rotatable bonds is 5. The molecule has 4 nitrogen and oxygen atoms in total. The monoisotopic (exact) mass is 307 g/mol. The molecule has 2 rings (SSSR count). The first-order chi connectivity index (χ1) is 10.1. The normalized spacial score (nSPS) is 22.3. The first kappa shape index (κ1) is 16.3. The highest BCUT2D eigenvalue weighted by atomic mass is 32.1. The fraction of sp³-hybridized carbons (Fsp3) is 0.625. The second-order valence-electron chi connectivity index (χ2n) is 5.83. The summed E-state index contributed by atoms with van der Waals surface area (Å²) < 4.78 is 5.21. The van der Waals surface area contributed by atoms with Crippen molar-refractivity contribution >= 4 is 17.2 Å². The van der Waals surface area contributed by atoms with Crippen molar-refractivity contribution in [1.82, 2.24) is 15.2 Å². The molecule has 2 unspecified atom stereocenters. The second-order valence-corrected chi connectivity index (χ2v) is 6.23. The van der Waals surface area contributed by atoms with E-state index in [1.165, 1.54) is 25.7 Å². The van der Waals surface area contributed by atoms with Crippen molar-refractivity contribution in [2.75, 3.05) is 21.2 Å². The number of hydrogen-bond acceptors (Lipinski definition) is 4. The van der Waals surface area contributed by atoms with Gasteiger partial charge in [-0.1, -0.05) is 25.1 Å². The third-order valence-electron chi connectivity index (χ3n) is 4.13. The molecule has 1 heterocycles. The first-order valence-electron chi connectivity index (χ1n) is 7.53. The Morgan fingerprint density at radius 1 is 1.43 bits per heavy atom. The summed E-state index contributed by atoms with van der Waals surface area (Å²) in [6.07, 6.45) is 6.75. The molecule has 1 aliphatic rings. The summed E-state index contributed by atoms with van der Waals surface area (Å²) in [6.45, 7) is 0.486. The lowest BCUT2D eigenvalue weighted by Gasteiger charge is -2.37. The minimum atomic E-state index is 0.414. The summed E-state index contributed by atoms with van der Waals surface area (Å²) in [7, 11) is 5.97. The van der Waals surface area contributed by atoms with Crippen molar-refractivity contribution in [3.8, 4) is 0 Å². The number of likely N-dealkylation sites (N-methyl/N-ethyl adjacent to an activating group) is 1. The number of nitrogens with one attached hydrogen (secondary N) is 1. The van der Waals surface area contributed by atoms with Gasteiger partial charge in [0, 0.05) is 31.0 Å². The van der Waals surface area contributed by atoms with Gasteiger partial charge in [0.15, 0.2) is 0 Å². The van der Waals surface area contributed by atoms with E-state index in [1.807, 2.05) is 12.1 Å². The van der Waals surface area contributed by atoms with Crippen LogP contribution in [0.2, 0.25) is 0 Å². The van der Waals surface area contributed by atoms with Crippen molar-refractivity contribution < 1.29 is 4.74 Å². The highest BCUT2D eigenvalue weighted by Crippen LogP contribution is 2.22. The molecule has 21 heavy (non-hydrogen) atoms. The smallest absolute Gasteiger partial charge is 0.108 e. The number of methoxy groups -OCH3 is 1. The van der Waals surface area contributed by atoms with Crippen LogP contribution < -0.4 is 5.32 Å². The van der Waals surface area contributed by atoms with E-state index >= 15 is 0 Å². The van der Waals surface area contributed by atoms with Gasteiger partial charge in [-0.15, -0.1) is 0 Å². The van der Waals surface area contributed by atoms with Crippen molar-refractivity contribution in [1.29, 1.82) is 0 Å². The number of pyridine rings is 1. The zero-order valence-electron chi connectivity index (χ0n) is 13.1. The van der Waals surface area contributed by atoms with Crippen LogP contribution in [0.5, 0.6) is 0 Å². The highest BCUT2D eigenvalue weighted by Gasteiger charge is 2.27. The molecule has 0 radical (unpaired) electrons. The fourth-order valence-corrected chi connectivity index (χ4v) is 3.38. The molecule has 5 heteroatoms. The summed E-state index contributed by atoms with van der Waals surface area (Å²) in [5.74, 6) is 0. The van der Waals surface area contributed by atoms with E-state index in [2.05, 4.69) is 29.3 Å². The molecule has 1 saturated carbocycles.